The van der Waals surface area contributed by atoms with E-state index >= 15 is 0 Å². The Morgan fingerprint density at radius 3 is 2.26 bits per heavy atom. The van der Waals surface area contributed by atoms with E-state index in [2.05, 4.69) is 43.4 Å². The van der Waals surface area contributed by atoms with Crippen molar-refractivity contribution in [3.63, 3.8) is 0 Å². The number of rotatable bonds is 9. The molecule has 2 N–H and O–H groups in total. The average Bonchev–Trinajstić information content (AvgIpc) is 2.80. The van der Waals surface area contributed by atoms with E-state index in [4.69, 9.17) is 9.72 Å². The van der Waals surface area contributed by atoms with Crippen molar-refractivity contribution in [3.05, 3.63) is 59.3 Å². The lowest BCUT2D eigenvalue weighted by Gasteiger charge is -2.34. The zero-order chi connectivity index (χ0) is 28.2. The lowest BCUT2D eigenvalue weighted by molar-refractivity contribution is -0.123. The number of ether oxygens (including phenoxy) is 1. The molecule has 3 aromatic rings. The van der Waals surface area contributed by atoms with Gasteiger partial charge < -0.3 is 15.2 Å². The highest BCUT2D eigenvalue weighted by Crippen LogP contribution is 2.37. The van der Waals surface area contributed by atoms with E-state index in [0.29, 0.717) is 11.7 Å². The van der Waals surface area contributed by atoms with E-state index in [1.807, 2.05) is 59.7 Å². The van der Waals surface area contributed by atoms with E-state index in [-0.39, 0.29) is 25.1 Å². The van der Waals surface area contributed by atoms with Crippen LogP contribution in [0.3, 0.4) is 0 Å². The van der Waals surface area contributed by atoms with E-state index in [9.17, 15) is 14.7 Å². The van der Waals surface area contributed by atoms with E-state index < -0.39 is 11.6 Å². The number of amides is 2. The quantitative estimate of drug-likeness (QED) is 0.333. The number of benzene rings is 2. The van der Waals surface area contributed by atoms with Crippen LogP contribution in [0, 0.1) is 12.8 Å². The Kier molecular flexibility index (Phi) is 9.02. The third kappa shape index (κ3) is 7.24. The molecule has 2 amide bonds. The number of hydrogen-bond acceptors (Lipinski definition) is 4. The van der Waals surface area contributed by atoms with E-state index in [0.717, 1.165) is 45.3 Å². The van der Waals surface area contributed by atoms with Gasteiger partial charge in [-0.1, -0.05) is 43.7 Å². The second kappa shape index (κ2) is 11.8. The van der Waals surface area contributed by atoms with Gasteiger partial charge in [0.15, 0.2) is 6.61 Å². The molecule has 7 nitrogen and oxygen atoms in total. The highest BCUT2D eigenvalue weighted by molar-refractivity contribution is 5.97. The summed E-state index contributed by atoms with van der Waals surface area (Å²) >= 11 is 0. The molecule has 0 aliphatic heterocycles. The van der Waals surface area contributed by atoms with Crippen LogP contribution in [0.4, 0.5) is 4.79 Å². The summed E-state index contributed by atoms with van der Waals surface area (Å²) in [5, 5.41) is 13.8. The predicted octanol–water partition coefficient (Wildman–Crippen LogP) is 6.59. The number of pyridine rings is 1. The zero-order valence-electron chi connectivity index (χ0n) is 23.9. The van der Waals surface area contributed by atoms with Crippen LogP contribution < -0.4 is 10.1 Å². The van der Waals surface area contributed by atoms with Gasteiger partial charge in [0.2, 0.25) is 0 Å². The Labute approximate surface area is 226 Å². The van der Waals surface area contributed by atoms with Crippen molar-refractivity contribution in [2.45, 2.75) is 79.9 Å². The molecule has 2 aromatic carbocycles. The van der Waals surface area contributed by atoms with Gasteiger partial charge in [-0.05, 0) is 83.2 Å². The van der Waals surface area contributed by atoms with Crippen LogP contribution in [0.15, 0.2) is 42.5 Å². The van der Waals surface area contributed by atoms with Crippen molar-refractivity contribution in [3.8, 4) is 16.9 Å². The molecule has 0 radical (unpaired) electrons. The molecule has 0 aliphatic carbocycles. The van der Waals surface area contributed by atoms with E-state index in [1.165, 1.54) is 4.90 Å². The van der Waals surface area contributed by atoms with Gasteiger partial charge in [-0.15, -0.1) is 0 Å². The van der Waals surface area contributed by atoms with Gasteiger partial charge in [0.1, 0.15) is 5.75 Å². The number of aryl methyl sites for hydroxylation is 1. The summed E-state index contributed by atoms with van der Waals surface area (Å²) in [4.78, 5) is 31.0. The lowest BCUT2D eigenvalue weighted by atomic mass is 9.90. The predicted molar refractivity (Wildman–Crippen MR) is 153 cm³/mol. The van der Waals surface area contributed by atoms with Gasteiger partial charge in [-0.25, -0.2) is 4.79 Å². The standard InChI is InChI=1S/C31H41N3O4/c1-19(2)15-27-25(17-34(30(36)37)31(6,7)8)29(22-11-9-21(5)10-12-22)24-16-23(13-14-26(24)33-27)38-18-28(35)32-20(3)4/h9-14,16,19-20H,15,17-18H2,1-8H3,(H,32,35)(H,36,37). The minimum Gasteiger partial charge on any atom is -0.484 e. The first kappa shape index (κ1) is 29.0. The Bertz CT molecular complexity index is 1290. The summed E-state index contributed by atoms with van der Waals surface area (Å²) < 4.78 is 5.85. The summed E-state index contributed by atoms with van der Waals surface area (Å²) in [7, 11) is 0. The van der Waals surface area contributed by atoms with Crippen LogP contribution in [-0.4, -0.2) is 45.2 Å². The summed E-state index contributed by atoms with van der Waals surface area (Å²) in [6.45, 7) is 15.9. The molecular formula is C31H41N3O4. The highest BCUT2D eigenvalue weighted by Gasteiger charge is 2.29. The monoisotopic (exact) mass is 519 g/mol. The number of nitrogens with zero attached hydrogens (tertiary/aromatic N) is 2. The van der Waals surface area contributed by atoms with Crippen LogP contribution in [0.25, 0.3) is 22.0 Å². The second-order valence-electron chi connectivity index (χ2n) is 11.6. The van der Waals surface area contributed by atoms with Gasteiger partial charge in [0.05, 0.1) is 12.1 Å². The highest BCUT2D eigenvalue weighted by atomic mass is 16.5. The first-order chi connectivity index (χ1) is 17.8. The maximum absolute atomic E-state index is 12.4. The Balaban J connectivity index is 2.26. The zero-order valence-corrected chi connectivity index (χ0v) is 23.9. The SMILES string of the molecule is Cc1ccc(-c2c(CN(C(=O)O)C(C)(C)C)c(CC(C)C)nc3ccc(OCC(=O)NC(C)C)cc23)cc1. The molecule has 1 heterocycles. The fourth-order valence-electron chi connectivity index (χ4n) is 4.46. The third-order valence-corrected chi connectivity index (χ3v) is 6.26. The maximum Gasteiger partial charge on any atom is 0.408 e. The van der Waals surface area contributed by atoms with Gasteiger partial charge >= 0.3 is 6.09 Å². The first-order valence-corrected chi connectivity index (χ1v) is 13.2. The number of fused-ring (bicyclic) bond motifs is 1. The van der Waals surface area contributed by atoms with Crippen molar-refractivity contribution in [2.75, 3.05) is 6.61 Å². The lowest BCUT2D eigenvalue weighted by Crippen LogP contribution is -2.44. The third-order valence-electron chi connectivity index (χ3n) is 6.26. The Hall–Kier alpha value is -3.61. The number of carbonyl (C=O) groups excluding carboxylic acids is 1. The Morgan fingerprint density at radius 1 is 1.05 bits per heavy atom. The minimum atomic E-state index is -0.976. The minimum absolute atomic E-state index is 0.0296. The molecule has 7 heteroatoms. The number of carbonyl (C=O) groups is 2. The van der Waals surface area contributed by atoms with Crippen molar-refractivity contribution in [1.29, 1.82) is 0 Å². The van der Waals surface area contributed by atoms with Crippen LogP contribution in [-0.2, 0) is 17.8 Å². The molecule has 38 heavy (non-hydrogen) atoms. The van der Waals surface area contributed by atoms with Gasteiger partial charge in [0, 0.05) is 28.2 Å². The topological polar surface area (TPSA) is 91.8 Å². The molecule has 3 rings (SSSR count). The molecule has 1 aromatic heterocycles. The fourth-order valence-corrected chi connectivity index (χ4v) is 4.46. The summed E-state index contributed by atoms with van der Waals surface area (Å²) in [5.41, 5.74) is 5.05. The fraction of sp³-hybridized carbons (Fsp3) is 0.452. The summed E-state index contributed by atoms with van der Waals surface area (Å²) in [5.74, 6) is 0.701. The van der Waals surface area contributed by atoms with Gasteiger partial charge in [-0.2, -0.15) is 0 Å². The number of aromatic nitrogens is 1. The first-order valence-electron chi connectivity index (χ1n) is 13.2. The smallest absolute Gasteiger partial charge is 0.408 e. The van der Waals surface area contributed by atoms with Crippen LogP contribution in [0.5, 0.6) is 5.75 Å². The van der Waals surface area contributed by atoms with Crippen LogP contribution in [0.2, 0.25) is 0 Å². The van der Waals surface area contributed by atoms with Crippen molar-refractivity contribution >= 4 is 22.9 Å². The Morgan fingerprint density at radius 2 is 1.71 bits per heavy atom. The van der Waals surface area contributed by atoms with Crippen LogP contribution in [0.1, 0.15) is 65.3 Å². The van der Waals surface area contributed by atoms with Crippen LogP contribution >= 0.6 is 0 Å². The summed E-state index contributed by atoms with van der Waals surface area (Å²) in [6, 6.07) is 13.9. The molecule has 0 spiro atoms. The average molecular weight is 520 g/mol. The molecule has 0 unspecified atom stereocenters. The number of hydrogen-bond donors (Lipinski definition) is 2. The van der Waals surface area contributed by atoms with E-state index in [1.54, 1.807) is 0 Å². The molecular weight excluding hydrogens is 478 g/mol. The molecule has 0 aliphatic rings. The second-order valence-corrected chi connectivity index (χ2v) is 11.6. The molecule has 0 atom stereocenters. The molecule has 0 saturated heterocycles. The maximum atomic E-state index is 12.4. The normalized spacial score (nSPS) is 11.7. The molecule has 0 saturated carbocycles. The van der Waals surface area contributed by atoms with Gasteiger partial charge in [-0.3, -0.25) is 14.7 Å². The van der Waals surface area contributed by atoms with Crippen molar-refractivity contribution in [2.24, 2.45) is 5.92 Å². The van der Waals surface area contributed by atoms with Gasteiger partial charge in [0.25, 0.3) is 5.91 Å². The largest absolute Gasteiger partial charge is 0.484 e. The van der Waals surface area contributed by atoms with Crippen molar-refractivity contribution < 1.29 is 19.4 Å². The molecule has 0 fully saturated rings. The number of carboxylic acid groups (broad SMARTS) is 1. The molecule has 0 bridgehead atoms. The van der Waals surface area contributed by atoms with Crippen molar-refractivity contribution in [1.82, 2.24) is 15.2 Å². The molecule has 204 valence electrons. The summed E-state index contributed by atoms with van der Waals surface area (Å²) in [6.07, 6.45) is -0.258. The number of nitrogens with one attached hydrogen (secondary N) is 1.